The molecule has 0 radical (unpaired) electrons. The van der Waals surface area contributed by atoms with Gasteiger partial charge in [-0.05, 0) is 31.0 Å². The van der Waals surface area contributed by atoms with Gasteiger partial charge in [0.05, 0.1) is 11.8 Å². The van der Waals surface area contributed by atoms with Crippen LogP contribution in [0.3, 0.4) is 0 Å². The number of β-amino-alcohol motifs (C(OH)–C–C–N with tert-alkyl or cyclic N) is 1. The SMILES string of the molecule is CC1CCN(Cc2cc(=O)n3ccccc3n2)CC1O. The molecule has 3 heterocycles. The lowest BCUT2D eigenvalue weighted by Crippen LogP contribution is -2.42. The molecule has 1 saturated heterocycles. The summed E-state index contributed by atoms with van der Waals surface area (Å²) in [4.78, 5) is 18.7. The largest absolute Gasteiger partial charge is 0.392 e. The summed E-state index contributed by atoms with van der Waals surface area (Å²) in [6, 6.07) is 7.10. The summed E-state index contributed by atoms with van der Waals surface area (Å²) in [6.07, 6.45) is 2.42. The molecule has 0 aromatic carbocycles. The minimum Gasteiger partial charge on any atom is -0.392 e. The molecule has 2 atom stereocenters. The average Bonchev–Trinajstić information content (AvgIpc) is 2.43. The van der Waals surface area contributed by atoms with Gasteiger partial charge in [-0.3, -0.25) is 14.1 Å². The maximum atomic E-state index is 12.0. The topological polar surface area (TPSA) is 57.8 Å². The van der Waals surface area contributed by atoms with Gasteiger partial charge in [0.2, 0.25) is 0 Å². The maximum Gasteiger partial charge on any atom is 0.258 e. The highest BCUT2D eigenvalue weighted by Crippen LogP contribution is 2.18. The van der Waals surface area contributed by atoms with Crippen LogP contribution in [0.25, 0.3) is 5.65 Å². The first kappa shape index (κ1) is 13.3. The summed E-state index contributed by atoms with van der Waals surface area (Å²) in [5, 5.41) is 9.92. The van der Waals surface area contributed by atoms with Crippen molar-refractivity contribution in [3.8, 4) is 0 Å². The molecule has 1 aliphatic heterocycles. The van der Waals surface area contributed by atoms with Crippen LogP contribution in [0.5, 0.6) is 0 Å². The quantitative estimate of drug-likeness (QED) is 0.883. The number of pyridine rings is 1. The van der Waals surface area contributed by atoms with E-state index >= 15 is 0 Å². The smallest absolute Gasteiger partial charge is 0.258 e. The molecule has 0 saturated carbocycles. The number of aliphatic hydroxyl groups is 1. The van der Waals surface area contributed by atoms with Crippen molar-refractivity contribution in [2.75, 3.05) is 13.1 Å². The standard InChI is InChI=1S/C15H19N3O2/c1-11-5-7-17(10-13(11)19)9-12-8-15(20)18-6-3-2-4-14(18)16-12/h2-4,6,8,11,13,19H,5,7,9-10H2,1H3. The third-order valence-corrected chi connectivity index (χ3v) is 4.01. The van der Waals surface area contributed by atoms with Gasteiger partial charge in [0.15, 0.2) is 0 Å². The lowest BCUT2D eigenvalue weighted by molar-refractivity contribution is 0.0254. The molecule has 2 aromatic heterocycles. The third kappa shape index (κ3) is 2.59. The lowest BCUT2D eigenvalue weighted by Gasteiger charge is -2.33. The molecule has 2 unspecified atom stereocenters. The molecule has 20 heavy (non-hydrogen) atoms. The van der Waals surface area contributed by atoms with Gasteiger partial charge in [-0.25, -0.2) is 4.98 Å². The number of rotatable bonds is 2. The number of piperidine rings is 1. The molecule has 1 fully saturated rings. The van der Waals surface area contributed by atoms with Crippen LogP contribution < -0.4 is 5.56 Å². The van der Waals surface area contributed by atoms with Gasteiger partial charge in [0.25, 0.3) is 5.56 Å². The molecule has 106 valence electrons. The number of hydrogen-bond donors (Lipinski definition) is 1. The van der Waals surface area contributed by atoms with Crippen molar-refractivity contribution in [3.05, 3.63) is 46.5 Å². The number of aliphatic hydroxyl groups excluding tert-OH is 1. The molecule has 2 aromatic rings. The fourth-order valence-corrected chi connectivity index (χ4v) is 2.67. The van der Waals surface area contributed by atoms with E-state index in [1.54, 1.807) is 12.3 Å². The van der Waals surface area contributed by atoms with Crippen LogP contribution in [0.4, 0.5) is 0 Å². The predicted octanol–water partition coefficient (Wildman–Crippen LogP) is 0.897. The van der Waals surface area contributed by atoms with Crippen LogP contribution in [0.15, 0.2) is 35.3 Å². The number of hydrogen-bond acceptors (Lipinski definition) is 4. The van der Waals surface area contributed by atoms with Gasteiger partial charge < -0.3 is 5.11 Å². The van der Waals surface area contributed by atoms with E-state index in [9.17, 15) is 9.90 Å². The summed E-state index contributed by atoms with van der Waals surface area (Å²) in [7, 11) is 0. The first-order valence-corrected chi connectivity index (χ1v) is 7.01. The normalized spacial score (nSPS) is 24.1. The Kier molecular flexibility index (Phi) is 3.54. The van der Waals surface area contributed by atoms with E-state index in [1.807, 2.05) is 18.2 Å². The van der Waals surface area contributed by atoms with Crippen LogP contribution in [-0.4, -0.2) is 38.6 Å². The molecule has 0 aliphatic carbocycles. The van der Waals surface area contributed by atoms with Gasteiger partial charge in [-0.2, -0.15) is 0 Å². The second-order valence-electron chi connectivity index (χ2n) is 5.58. The average molecular weight is 273 g/mol. The minimum atomic E-state index is -0.287. The van der Waals surface area contributed by atoms with E-state index < -0.39 is 0 Å². The van der Waals surface area contributed by atoms with Crippen molar-refractivity contribution >= 4 is 5.65 Å². The van der Waals surface area contributed by atoms with E-state index in [0.717, 1.165) is 18.7 Å². The molecule has 3 rings (SSSR count). The van der Waals surface area contributed by atoms with Gasteiger partial charge in [0, 0.05) is 25.4 Å². The molecule has 0 amide bonds. The second kappa shape index (κ2) is 5.34. The van der Waals surface area contributed by atoms with Crippen LogP contribution in [0, 0.1) is 5.92 Å². The number of aromatic nitrogens is 2. The summed E-state index contributed by atoms with van der Waals surface area (Å²) in [6.45, 7) is 4.28. The Morgan fingerprint density at radius 3 is 3.10 bits per heavy atom. The van der Waals surface area contributed by atoms with Crippen molar-refractivity contribution in [1.82, 2.24) is 14.3 Å². The van der Waals surface area contributed by atoms with Gasteiger partial charge in [-0.1, -0.05) is 13.0 Å². The minimum absolute atomic E-state index is 0.0588. The molecule has 0 spiro atoms. The van der Waals surface area contributed by atoms with Gasteiger partial charge >= 0.3 is 0 Å². The van der Waals surface area contributed by atoms with E-state index in [2.05, 4.69) is 16.8 Å². The zero-order valence-electron chi connectivity index (χ0n) is 11.6. The summed E-state index contributed by atoms with van der Waals surface area (Å²) in [5.74, 6) is 0.349. The molecule has 0 bridgehead atoms. The fourth-order valence-electron chi connectivity index (χ4n) is 2.67. The summed E-state index contributed by atoms with van der Waals surface area (Å²) < 4.78 is 1.54. The van der Waals surface area contributed by atoms with Crippen molar-refractivity contribution in [3.63, 3.8) is 0 Å². The zero-order valence-corrected chi connectivity index (χ0v) is 11.6. The summed E-state index contributed by atoms with van der Waals surface area (Å²) in [5.41, 5.74) is 1.38. The number of likely N-dealkylation sites (tertiary alicyclic amines) is 1. The fraction of sp³-hybridized carbons (Fsp3) is 0.467. The molecular weight excluding hydrogens is 254 g/mol. The third-order valence-electron chi connectivity index (χ3n) is 4.01. The van der Waals surface area contributed by atoms with Crippen LogP contribution in [-0.2, 0) is 6.54 Å². The Hall–Kier alpha value is -1.72. The first-order chi connectivity index (χ1) is 9.63. The van der Waals surface area contributed by atoms with Crippen LogP contribution in [0.1, 0.15) is 19.0 Å². The van der Waals surface area contributed by atoms with Crippen molar-refractivity contribution in [2.45, 2.75) is 26.0 Å². The highest BCUT2D eigenvalue weighted by atomic mass is 16.3. The van der Waals surface area contributed by atoms with Crippen molar-refractivity contribution < 1.29 is 5.11 Å². The Bertz CT molecular complexity index is 667. The van der Waals surface area contributed by atoms with E-state index in [4.69, 9.17) is 0 Å². The Labute approximate surface area is 117 Å². The van der Waals surface area contributed by atoms with E-state index in [0.29, 0.717) is 24.7 Å². The molecule has 1 aliphatic rings. The van der Waals surface area contributed by atoms with Gasteiger partial charge in [-0.15, -0.1) is 0 Å². The van der Waals surface area contributed by atoms with Gasteiger partial charge in [0.1, 0.15) is 5.65 Å². The number of fused-ring (bicyclic) bond motifs is 1. The Morgan fingerprint density at radius 1 is 1.45 bits per heavy atom. The lowest BCUT2D eigenvalue weighted by atomic mass is 9.96. The monoisotopic (exact) mass is 273 g/mol. The zero-order chi connectivity index (χ0) is 14.1. The van der Waals surface area contributed by atoms with Crippen LogP contribution in [0.2, 0.25) is 0 Å². The van der Waals surface area contributed by atoms with Crippen molar-refractivity contribution in [1.29, 1.82) is 0 Å². The predicted molar refractivity (Wildman–Crippen MR) is 76.5 cm³/mol. The maximum absolute atomic E-state index is 12.0. The first-order valence-electron chi connectivity index (χ1n) is 7.01. The second-order valence-corrected chi connectivity index (χ2v) is 5.58. The van der Waals surface area contributed by atoms with E-state index in [1.165, 1.54) is 4.40 Å². The highest BCUT2D eigenvalue weighted by Gasteiger charge is 2.24. The van der Waals surface area contributed by atoms with E-state index in [-0.39, 0.29) is 11.7 Å². The highest BCUT2D eigenvalue weighted by molar-refractivity contribution is 5.37. The Morgan fingerprint density at radius 2 is 2.30 bits per heavy atom. The molecular formula is C15H19N3O2. The molecule has 5 heteroatoms. The summed E-state index contributed by atoms with van der Waals surface area (Å²) >= 11 is 0. The molecule has 1 N–H and O–H groups in total. The molecule has 5 nitrogen and oxygen atoms in total. The van der Waals surface area contributed by atoms with Crippen LogP contribution >= 0.6 is 0 Å². The Balaban J connectivity index is 1.83. The number of nitrogens with zero attached hydrogens (tertiary/aromatic N) is 3. The van der Waals surface area contributed by atoms with Crippen molar-refractivity contribution in [2.24, 2.45) is 5.92 Å².